The van der Waals surface area contributed by atoms with Crippen LogP contribution in [-0.4, -0.2) is 35.1 Å². The van der Waals surface area contributed by atoms with Crippen molar-refractivity contribution >= 4 is 133 Å². The molecule has 0 radical (unpaired) electrons. The molecular formula is C57H26F4O9S4. The average molecular weight is 1060 g/mol. The summed E-state index contributed by atoms with van der Waals surface area (Å²) in [6.07, 6.45) is 2.84. The maximum atomic E-state index is 15.2. The normalized spacial score (nSPS) is 14.4. The van der Waals surface area contributed by atoms with E-state index in [2.05, 4.69) is 0 Å². The van der Waals surface area contributed by atoms with Crippen LogP contribution < -0.4 is 4.74 Å². The summed E-state index contributed by atoms with van der Waals surface area (Å²) in [6, 6.07) is 30.4. The molecule has 0 fully saturated rings. The fourth-order valence-corrected chi connectivity index (χ4v) is 14.8. The van der Waals surface area contributed by atoms with Gasteiger partial charge in [-0.3, -0.25) is 19.2 Å². The number of halogens is 4. The van der Waals surface area contributed by atoms with Crippen LogP contribution in [-0.2, 0) is 37.9 Å². The Bertz CT molecular complexity index is 4110. The zero-order valence-electron chi connectivity index (χ0n) is 37.4. The van der Waals surface area contributed by atoms with Crippen molar-refractivity contribution < 1.29 is 60.5 Å². The van der Waals surface area contributed by atoms with Gasteiger partial charge in [0, 0.05) is 36.7 Å². The highest BCUT2D eigenvalue weighted by Gasteiger charge is 2.60. The van der Waals surface area contributed by atoms with Gasteiger partial charge in [0.2, 0.25) is 0 Å². The van der Waals surface area contributed by atoms with E-state index in [1.165, 1.54) is 59.1 Å². The highest BCUT2D eigenvalue weighted by molar-refractivity contribution is 7.35. The first-order valence-electron chi connectivity index (χ1n) is 22.5. The predicted octanol–water partition coefficient (Wildman–Crippen LogP) is 13.8. The highest BCUT2D eigenvalue weighted by Crippen LogP contribution is 2.61. The first kappa shape index (κ1) is 45.6. The average Bonchev–Trinajstić information content (AvgIpc) is 4.23. The van der Waals surface area contributed by atoms with Crippen LogP contribution in [0.25, 0.3) is 62.3 Å². The lowest BCUT2D eigenvalue weighted by molar-refractivity contribution is -0.183. The van der Waals surface area contributed by atoms with Crippen molar-refractivity contribution in [2.75, 3.05) is 0 Å². The highest BCUT2D eigenvalue weighted by atomic mass is 32.1. The Morgan fingerprint density at radius 1 is 0.486 bits per heavy atom. The number of hydrogen-bond acceptors (Lipinski definition) is 13. The molecule has 0 N–H and O–H groups in total. The monoisotopic (exact) mass is 1060 g/mol. The second-order valence-electron chi connectivity index (χ2n) is 17.6. The van der Waals surface area contributed by atoms with Gasteiger partial charge in [-0.1, -0.05) is 60.7 Å². The van der Waals surface area contributed by atoms with Crippen molar-refractivity contribution in [2.24, 2.45) is 0 Å². The lowest BCUT2D eigenvalue weighted by Crippen LogP contribution is -2.52. The van der Waals surface area contributed by atoms with Crippen molar-refractivity contribution in [2.45, 2.75) is 18.8 Å². The van der Waals surface area contributed by atoms with Gasteiger partial charge >= 0.3 is 17.5 Å². The summed E-state index contributed by atoms with van der Waals surface area (Å²) in [4.78, 5) is 87.6. The maximum absolute atomic E-state index is 15.2. The Hall–Kier alpha value is -8.22. The van der Waals surface area contributed by atoms with E-state index >= 15 is 9.59 Å². The molecule has 2 aliphatic carbocycles. The van der Waals surface area contributed by atoms with Gasteiger partial charge in [0.05, 0.1) is 40.6 Å². The largest absolute Gasteiger partial charge is 0.457 e. The fourth-order valence-electron chi connectivity index (χ4n) is 9.55. The first-order valence-corrected chi connectivity index (χ1v) is 25.7. The van der Waals surface area contributed by atoms with Gasteiger partial charge in [-0.15, -0.1) is 45.3 Å². The number of hydrogen-bond donors (Lipinski definition) is 0. The van der Waals surface area contributed by atoms with Crippen molar-refractivity contribution in [3.05, 3.63) is 204 Å². The lowest BCUT2D eigenvalue weighted by atomic mass is 9.90. The molecule has 0 saturated heterocycles. The van der Waals surface area contributed by atoms with E-state index in [-0.39, 0.29) is 79.5 Å². The Labute approximate surface area is 429 Å². The molecule has 0 amide bonds. The van der Waals surface area contributed by atoms with Crippen molar-refractivity contribution in [3.63, 3.8) is 0 Å². The quantitative estimate of drug-likeness (QED) is 0.0480. The Kier molecular flexibility index (Phi) is 10.4. The van der Waals surface area contributed by atoms with Gasteiger partial charge in [0.15, 0.2) is 52.2 Å². The molecule has 6 aromatic carbocycles. The number of ether oxygens (including phenoxy) is 3. The van der Waals surface area contributed by atoms with E-state index in [1.807, 2.05) is 0 Å². The molecule has 0 unspecified atom stereocenters. The van der Waals surface area contributed by atoms with E-state index in [9.17, 15) is 36.7 Å². The minimum absolute atomic E-state index is 0.0330. The topological polar surface area (TPSA) is 130 Å². The van der Waals surface area contributed by atoms with Crippen LogP contribution in [0.3, 0.4) is 0 Å². The number of rotatable bonds is 8. The lowest BCUT2D eigenvalue weighted by Gasteiger charge is -2.33. The molecule has 13 rings (SSSR count). The molecule has 5 heterocycles. The molecule has 0 atom stereocenters. The molecule has 9 nitrogen and oxygen atoms in total. The van der Waals surface area contributed by atoms with Gasteiger partial charge in [0.1, 0.15) is 13.2 Å². The number of benzene rings is 6. The second-order valence-corrected chi connectivity index (χ2v) is 21.9. The number of carbonyl (C=O) groups is 6. The number of Topliss-reactive ketones (excluding diaryl/α,β-unsaturated/α-hetero) is 4. The van der Waals surface area contributed by atoms with Crippen LogP contribution in [0.5, 0.6) is 5.75 Å². The zero-order valence-corrected chi connectivity index (χ0v) is 40.7. The van der Waals surface area contributed by atoms with E-state index in [4.69, 9.17) is 14.2 Å². The number of esters is 2. The minimum Gasteiger partial charge on any atom is -0.457 e. The first-order chi connectivity index (χ1) is 35.7. The van der Waals surface area contributed by atoms with Gasteiger partial charge < -0.3 is 14.2 Å². The Morgan fingerprint density at radius 3 is 1.28 bits per heavy atom. The minimum atomic E-state index is -2.62. The molecule has 3 aliphatic rings. The summed E-state index contributed by atoms with van der Waals surface area (Å²) >= 11 is 4.75. The van der Waals surface area contributed by atoms with Gasteiger partial charge in [-0.05, 0) is 105 Å². The Balaban J connectivity index is 0.943. The van der Waals surface area contributed by atoms with Crippen LogP contribution in [0.4, 0.5) is 17.6 Å². The fraction of sp³-hybridized carbons (Fsp3) is 0.0526. The van der Waals surface area contributed by atoms with Crippen LogP contribution in [0.1, 0.15) is 67.9 Å². The van der Waals surface area contributed by atoms with E-state index in [0.717, 1.165) is 46.9 Å². The van der Waals surface area contributed by atoms with Gasteiger partial charge in [-0.25, -0.2) is 27.2 Å². The number of fused-ring (bicyclic) bond motifs is 11. The molecule has 360 valence electrons. The summed E-state index contributed by atoms with van der Waals surface area (Å²) in [7, 11) is 0. The number of thiophene rings is 4. The van der Waals surface area contributed by atoms with Crippen LogP contribution >= 0.6 is 45.3 Å². The van der Waals surface area contributed by atoms with E-state index in [1.54, 1.807) is 72.8 Å². The third kappa shape index (κ3) is 7.05. The van der Waals surface area contributed by atoms with Gasteiger partial charge in [-0.2, -0.15) is 0 Å². The standard InChI is InChI=1S/C57H26F4O9S4/c58-39-15-27-11-33-34(12-28(27)16-40(39)59)47(63)37(46(33)62)19-31-21-43-51(71-31)45-53(73-43)54-50(70-57(45,55(66)68-23-25-7-3-1-4-8-25)56(67)69-24-26-9-5-2-6-10-26)52-44(74-54)22-32(72-52)20-38-48(64)35-13-29-17-41(60)42(61)18-30(29)14-36(35)49(38)65/h1-22H,23-24H2. The summed E-state index contributed by atoms with van der Waals surface area (Å²) in [6.45, 7) is -0.514. The molecule has 4 aromatic heterocycles. The Morgan fingerprint density at radius 2 is 0.865 bits per heavy atom. The van der Waals surface area contributed by atoms with Crippen molar-refractivity contribution in [1.29, 1.82) is 0 Å². The summed E-state index contributed by atoms with van der Waals surface area (Å²) in [5.74, 6) is -8.87. The summed E-state index contributed by atoms with van der Waals surface area (Å²) in [5, 5.41) is 0.972. The molecule has 10 aromatic rings. The molecule has 1 aliphatic heterocycles. The van der Waals surface area contributed by atoms with Crippen LogP contribution in [0, 0.1) is 23.3 Å². The number of carbonyl (C=O) groups excluding carboxylic acids is 6. The number of allylic oxidation sites excluding steroid dienone is 2. The molecule has 0 bridgehead atoms. The van der Waals surface area contributed by atoms with E-state index < -0.39 is 63.9 Å². The second kappa shape index (κ2) is 16.9. The molecular weight excluding hydrogens is 1030 g/mol. The van der Waals surface area contributed by atoms with Crippen molar-refractivity contribution in [3.8, 4) is 15.5 Å². The summed E-state index contributed by atoms with van der Waals surface area (Å²) < 4.78 is 77.7. The van der Waals surface area contributed by atoms with E-state index in [0.29, 0.717) is 49.4 Å². The third-order valence-electron chi connectivity index (χ3n) is 13.1. The van der Waals surface area contributed by atoms with Gasteiger partial charge in [0.25, 0.3) is 0 Å². The van der Waals surface area contributed by atoms with Crippen LogP contribution in [0.15, 0.2) is 132 Å². The molecule has 0 spiro atoms. The molecule has 0 saturated carbocycles. The maximum Gasteiger partial charge on any atom is 0.367 e. The summed E-state index contributed by atoms with van der Waals surface area (Å²) in [5.41, 5.74) is -1.46. The predicted molar refractivity (Wildman–Crippen MR) is 274 cm³/mol. The number of ketones is 4. The van der Waals surface area contributed by atoms with Crippen LogP contribution in [0.2, 0.25) is 0 Å². The molecule has 17 heteroatoms. The third-order valence-corrected chi connectivity index (χ3v) is 18.0. The smallest absolute Gasteiger partial charge is 0.367 e. The van der Waals surface area contributed by atoms with Crippen molar-refractivity contribution in [1.82, 2.24) is 0 Å². The molecule has 74 heavy (non-hydrogen) atoms. The SMILES string of the molecule is O=C1C(=Cc2cc3sc4c(c3s2)OC(C(=O)OCc2ccccc2)(C(=O)OCc2ccccc2)c2c-4sc3cc(C=C4C(=O)c5cc6cc(F)c(F)cc6cc5C4=O)sc23)C(=O)c2cc3cc(F)c(F)cc3cc21. The zero-order chi connectivity index (χ0) is 50.9.